The predicted molar refractivity (Wildman–Crippen MR) is 80.2 cm³/mol. The average Bonchev–Trinajstić information content (AvgIpc) is 2.97. The molecule has 2 unspecified atom stereocenters. The minimum absolute atomic E-state index is 0.131. The summed E-state index contributed by atoms with van der Waals surface area (Å²) < 4.78 is 39.3. The Morgan fingerprint density at radius 2 is 2.24 bits per heavy atom. The molecule has 6 heteroatoms. The van der Waals surface area contributed by atoms with E-state index in [0.717, 1.165) is 13.0 Å². The van der Waals surface area contributed by atoms with Crippen LogP contribution in [-0.4, -0.2) is 29.7 Å². The molecule has 2 nitrogen and oxygen atoms in total. The van der Waals surface area contributed by atoms with Crippen LogP contribution in [0.2, 0.25) is 0 Å². The van der Waals surface area contributed by atoms with E-state index in [9.17, 15) is 13.2 Å². The standard InChI is InChI=1S/C15H23F3N2S/c1-2-20(10-13-6-4-8-21-13)14(11-19)7-3-5-12(9-14)15(16,17)18/h4,6,8,12H,2-3,5,7,9-11,19H2,1H3. The first-order chi connectivity index (χ1) is 9.91. The van der Waals surface area contributed by atoms with Crippen molar-refractivity contribution < 1.29 is 13.2 Å². The second-order valence-corrected chi connectivity index (χ2v) is 6.89. The van der Waals surface area contributed by atoms with E-state index in [1.54, 1.807) is 11.3 Å². The van der Waals surface area contributed by atoms with E-state index in [1.165, 1.54) is 4.88 Å². The maximum absolute atomic E-state index is 13.1. The molecule has 1 heterocycles. The Balaban J connectivity index is 2.17. The molecule has 1 aromatic heterocycles. The van der Waals surface area contributed by atoms with Gasteiger partial charge in [-0.3, -0.25) is 4.90 Å². The highest BCUT2D eigenvalue weighted by Gasteiger charge is 2.49. The van der Waals surface area contributed by atoms with E-state index in [1.807, 2.05) is 24.4 Å². The minimum Gasteiger partial charge on any atom is -0.329 e. The van der Waals surface area contributed by atoms with Crippen molar-refractivity contribution in [1.29, 1.82) is 0 Å². The highest BCUT2D eigenvalue weighted by atomic mass is 32.1. The zero-order valence-corrected chi connectivity index (χ0v) is 13.1. The molecule has 0 aromatic carbocycles. The van der Waals surface area contributed by atoms with Crippen molar-refractivity contribution in [2.45, 2.75) is 50.9 Å². The number of halogens is 3. The summed E-state index contributed by atoms with van der Waals surface area (Å²) >= 11 is 1.64. The second-order valence-electron chi connectivity index (χ2n) is 5.86. The van der Waals surface area contributed by atoms with Crippen molar-refractivity contribution in [3.8, 4) is 0 Å². The molecule has 1 fully saturated rings. The third-order valence-corrected chi connectivity index (χ3v) is 5.50. The third-order valence-electron chi connectivity index (χ3n) is 4.64. The molecule has 0 saturated heterocycles. The van der Waals surface area contributed by atoms with E-state index < -0.39 is 17.6 Å². The number of alkyl halides is 3. The summed E-state index contributed by atoms with van der Waals surface area (Å²) in [5.41, 5.74) is 5.43. The summed E-state index contributed by atoms with van der Waals surface area (Å²) in [5.74, 6) is -1.22. The fourth-order valence-electron chi connectivity index (χ4n) is 3.43. The number of likely N-dealkylation sites (N-methyl/N-ethyl adjacent to an activating group) is 1. The summed E-state index contributed by atoms with van der Waals surface area (Å²) in [7, 11) is 0. The molecule has 0 bridgehead atoms. The maximum atomic E-state index is 13.1. The zero-order chi connectivity index (χ0) is 15.5. The van der Waals surface area contributed by atoms with Gasteiger partial charge in [0.2, 0.25) is 0 Å². The number of thiophene rings is 1. The molecule has 1 aromatic rings. The number of rotatable bonds is 5. The molecule has 0 aliphatic heterocycles. The summed E-state index contributed by atoms with van der Waals surface area (Å²) in [6, 6.07) is 4.00. The largest absolute Gasteiger partial charge is 0.391 e. The zero-order valence-electron chi connectivity index (χ0n) is 12.3. The first-order valence-electron chi connectivity index (χ1n) is 7.45. The lowest BCUT2D eigenvalue weighted by Crippen LogP contribution is -2.57. The molecule has 2 rings (SSSR count). The quantitative estimate of drug-likeness (QED) is 0.888. The smallest absolute Gasteiger partial charge is 0.329 e. The van der Waals surface area contributed by atoms with Gasteiger partial charge in [0.15, 0.2) is 0 Å². The van der Waals surface area contributed by atoms with Crippen LogP contribution < -0.4 is 5.73 Å². The summed E-state index contributed by atoms with van der Waals surface area (Å²) in [6.45, 7) is 3.70. The lowest BCUT2D eigenvalue weighted by molar-refractivity contribution is -0.194. The number of hydrogen-bond acceptors (Lipinski definition) is 3. The van der Waals surface area contributed by atoms with Gasteiger partial charge in [0, 0.05) is 23.5 Å². The van der Waals surface area contributed by atoms with Gasteiger partial charge in [-0.2, -0.15) is 13.2 Å². The highest BCUT2D eigenvalue weighted by Crippen LogP contribution is 2.44. The fraction of sp³-hybridized carbons (Fsp3) is 0.733. The van der Waals surface area contributed by atoms with Crippen LogP contribution in [0.3, 0.4) is 0 Å². The van der Waals surface area contributed by atoms with Gasteiger partial charge < -0.3 is 5.73 Å². The summed E-state index contributed by atoms with van der Waals surface area (Å²) in [6.07, 6.45) is -2.38. The van der Waals surface area contributed by atoms with Gasteiger partial charge in [-0.1, -0.05) is 19.4 Å². The van der Waals surface area contributed by atoms with Gasteiger partial charge in [0.05, 0.1) is 5.92 Å². The molecule has 1 aliphatic carbocycles. The molecule has 1 saturated carbocycles. The molecular weight excluding hydrogens is 297 g/mol. The molecule has 21 heavy (non-hydrogen) atoms. The van der Waals surface area contributed by atoms with E-state index >= 15 is 0 Å². The van der Waals surface area contributed by atoms with Crippen LogP contribution in [0.25, 0.3) is 0 Å². The Hall–Kier alpha value is -0.590. The van der Waals surface area contributed by atoms with E-state index in [-0.39, 0.29) is 12.8 Å². The predicted octanol–water partition coefficient (Wildman–Crippen LogP) is 4.02. The van der Waals surface area contributed by atoms with Crippen molar-refractivity contribution in [3.63, 3.8) is 0 Å². The number of nitrogens with two attached hydrogens (primary N) is 1. The van der Waals surface area contributed by atoms with Crippen molar-refractivity contribution in [2.24, 2.45) is 11.7 Å². The van der Waals surface area contributed by atoms with Gasteiger partial charge in [-0.15, -0.1) is 11.3 Å². The van der Waals surface area contributed by atoms with Gasteiger partial charge in [-0.05, 0) is 37.3 Å². The van der Waals surface area contributed by atoms with E-state index in [0.29, 0.717) is 19.5 Å². The van der Waals surface area contributed by atoms with Crippen LogP contribution in [-0.2, 0) is 6.54 Å². The van der Waals surface area contributed by atoms with Crippen LogP contribution in [0.5, 0.6) is 0 Å². The SMILES string of the molecule is CCN(Cc1cccs1)C1(CN)CCCC(C(F)(F)F)C1. The van der Waals surface area contributed by atoms with Gasteiger partial charge in [0.25, 0.3) is 0 Å². The highest BCUT2D eigenvalue weighted by molar-refractivity contribution is 7.09. The first-order valence-corrected chi connectivity index (χ1v) is 8.33. The molecule has 0 radical (unpaired) electrons. The fourth-order valence-corrected chi connectivity index (χ4v) is 4.15. The van der Waals surface area contributed by atoms with Crippen LogP contribution in [0.4, 0.5) is 13.2 Å². The van der Waals surface area contributed by atoms with Crippen molar-refractivity contribution in [3.05, 3.63) is 22.4 Å². The van der Waals surface area contributed by atoms with Gasteiger partial charge >= 0.3 is 6.18 Å². The van der Waals surface area contributed by atoms with E-state index in [2.05, 4.69) is 4.90 Å². The first kappa shape index (κ1) is 16.8. The van der Waals surface area contributed by atoms with Gasteiger partial charge in [-0.25, -0.2) is 0 Å². The molecule has 120 valence electrons. The Bertz CT molecular complexity index is 433. The average molecular weight is 320 g/mol. The van der Waals surface area contributed by atoms with Crippen molar-refractivity contribution in [1.82, 2.24) is 4.90 Å². The van der Waals surface area contributed by atoms with Crippen molar-refractivity contribution >= 4 is 11.3 Å². The Morgan fingerprint density at radius 1 is 1.48 bits per heavy atom. The normalized spacial score (nSPS) is 27.2. The Kier molecular flexibility index (Phi) is 5.33. The minimum atomic E-state index is -4.11. The van der Waals surface area contributed by atoms with Crippen LogP contribution >= 0.6 is 11.3 Å². The number of hydrogen-bond donors (Lipinski definition) is 1. The Morgan fingerprint density at radius 3 is 2.76 bits per heavy atom. The molecule has 1 aliphatic rings. The lowest BCUT2D eigenvalue weighted by atomic mass is 9.74. The van der Waals surface area contributed by atoms with Crippen LogP contribution in [0, 0.1) is 5.92 Å². The Labute approximate surface area is 128 Å². The van der Waals surface area contributed by atoms with E-state index in [4.69, 9.17) is 5.73 Å². The lowest BCUT2D eigenvalue weighted by Gasteiger charge is -2.48. The molecule has 0 spiro atoms. The topological polar surface area (TPSA) is 29.3 Å². The third kappa shape index (κ3) is 3.79. The second kappa shape index (κ2) is 6.67. The summed E-state index contributed by atoms with van der Waals surface area (Å²) in [4.78, 5) is 3.33. The van der Waals surface area contributed by atoms with Crippen LogP contribution in [0.1, 0.15) is 37.5 Å². The number of nitrogens with zero attached hydrogens (tertiary/aromatic N) is 1. The van der Waals surface area contributed by atoms with Crippen LogP contribution in [0.15, 0.2) is 17.5 Å². The molecular formula is C15H23F3N2S. The maximum Gasteiger partial charge on any atom is 0.391 e. The summed E-state index contributed by atoms with van der Waals surface area (Å²) in [5, 5.41) is 2.00. The molecule has 2 atom stereocenters. The van der Waals surface area contributed by atoms with Gasteiger partial charge in [0.1, 0.15) is 0 Å². The molecule has 2 N–H and O–H groups in total. The monoisotopic (exact) mass is 320 g/mol. The van der Waals surface area contributed by atoms with Crippen molar-refractivity contribution in [2.75, 3.05) is 13.1 Å². The molecule has 0 amide bonds.